The smallest absolute Gasteiger partial charge is 0.126 e. The molecule has 0 aliphatic heterocycles. The van der Waals surface area contributed by atoms with Crippen LogP contribution < -0.4 is 0 Å². The van der Waals surface area contributed by atoms with Crippen molar-refractivity contribution in [2.24, 2.45) is 0 Å². The van der Waals surface area contributed by atoms with Crippen LogP contribution in [-0.4, -0.2) is 11.7 Å². The van der Waals surface area contributed by atoms with Crippen LogP contribution in [0.3, 0.4) is 0 Å². The lowest BCUT2D eigenvalue weighted by Gasteiger charge is -2.09. The standard InChI is InChI=1S/C11H15FO/c1-3-9-6-10(8(2)7-13)4-5-11(9)12/h4-6,8,13H,3,7H2,1-2H3. The van der Waals surface area contributed by atoms with Crippen LogP contribution in [-0.2, 0) is 6.42 Å². The molecule has 0 saturated carbocycles. The van der Waals surface area contributed by atoms with Gasteiger partial charge in [-0.1, -0.05) is 26.0 Å². The molecule has 72 valence electrons. The Morgan fingerprint density at radius 1 is 1.46 bits per heavy atom. The van der Waals surface area contributed by atoms with Crippen molar-refractivity contribution in [1.82, 2.24) is 0 Å². The van der Waals surface area contributed by atoms with Crippen LogP contribution >= 0.6 is 0 Å². The number of halogens is 1. The Bertz CT molecular complexity index is 283. The molecule has 2 heteroatoms. The molecule has 0 spiro atoms. The first-order valence-corrected chi connectivity index (χ1v) is 4.58. The van der Waals surface area contributed by atoms with Crippen molar-refractivity contribution in [2.75, 3.05) is 6.61 Å². The van der Waals surface area contributed by atoms with Gasteiger partial charge in [0.25, 0.3) is 0 Å². The minimum atomic E-state index is -0.156. The summed E-state index contributed by atoms with van der Waals surface area (Å²) in [4.78, 5) is 0. The summed E-state index contributed by atoms with van der Waals surface area (Å²) >= 11 is 0. The Morgan fingerprint density at radius 3 is 2.69 bits per heavy atom. The van der Waals surface area contributed by atoms with E-state index >= 15 is 0 Å². The highest BCUT2D eigenvalue weighted by Gasteiger charge is 2.06. The summed E-state index contributed by atoms with van der Waals surface area (Å²) in [7, 11) is 0. The molecule has 0 amide bonds. The molecular weight excluding hydrogens is 167 g/mol. The van der Waals surface area contributed by atoms with Crippen LogP contribution in [0, 0.1) is 5.82 Å². The fourth-order valence-corrected chi connectivity index (χ4v) is 1.28. The second-order valence-corrected chi connectivity index (χ2v) is 3.29. The van der Waals surface area contributed by atoms with E-state index in [-0.39, 0.29) is 18.3 Å². The maximum Gasteiger partial charge on any atom is 0.126 e. The van der Waals surface area contributed by atoms with Crippen molar-refractivity contribution in [3.63, 3.8) is 0 Å². The minimum absolute atomic E-state index is 0.0888. The molecule has 1 nitrogen and oxygen atoms in total. The third-order valence-electron chi connectivity index (χ3n) is 2.29. The predicted octanol–water partition coefficient (Wildman–Crippen LogP) is 2.48. The van der Waals surface area contributed by atoms with Crippen molar-refractivity contribution in [3.8, 4) is 0 Å². The van der Waals surface area contributed by atoms with Crippen LogP contribution in [0.4, 0.5) is 4.39 Å². The molecule has 0 saturated heterocycles. The van der Waals surface area contributed by atoms with Gasteiger partial charge in [-0.2, -0.15) is 0 Å². The lowest BCUT2D eigenvalue weighted by molar-refractivity contribution is 0.273. The van der Waals surface area contributed by atoms with E-state index in [9.17, 15) is 4.39 Å². The van der Waals surface area contributed by atoms with Crippen LogP contribution in [0.15, 0.2) is 18.2 Å². The molecule has 0 fully saturated rings. The van der Waals surface area contributed by atoms with Crippen molar-refractivity contribution in [3.05, 3.63) is 35.1 Å². The number of hydrogen-bond donors (Lipinski definition) is 1. The van der Waals surface area contributed by atoms with Crippen molar-refractivity contribution in [1.29, 1.82) is 0 Å². The zero-order valence-corrected chi connectivity index (χ0v) is 8.05. The Kier molecular flexibility index (Phi) is 3.43. The van der Waals surface area contributed by atoms with E-state index in [2.05, 4.69) is 0 Å². The predicted molar refractivity (Wildman–Crippen MR) is 51.3 cm³/mol. The number of hydrogen-bond acceptors (Lipinski definition) is 1. The van der Waals surface area contributed by atoms with E-state index in [1.807, 2.05) is 19.9 Å². The zero-order chi connectivity index (χ0) is 9.84. The fourth-order valence-electron chi connectivity index (χ4n) is 1.28. The molecule has 0 aliphatic carbocycles. The van der Waals surface area contributed by atoms with Crippen LogP contribution in [0.5, 0.6) is 0 Å². The zero-order valence-electron chi connectivity index (χ0n) is 8.05. The Balaban J connectivity index is 2.99. The molecule has 0 bridgehead atoms. The normalized spacial score (nSPS) is 12.9. The quantitative estimate of drug-likeness (QED) is 0.761. The molecular formula is C11H15FO. The highest BCUT2D eigenvalue weighted by atomic mass is 19.1. The topological polar surface area (TPSA) is 20.2 Å². The van der Waals surface area contributed by atoms with Crippen molar-refractivity contribution >= 4 is 0 Å². The second kappa shape index (κ2) is 4.38. The second-order valence-electron chi connectivity index (χ2n) is 3.29. The first-order valence-electron chi connectivity index (χ1n) is 4.58. The lowest BCUT2D eigenvalue weighted by atomic mass is 9.99. The van der Waals surface area contributed by atoms with Crippen molar-refractivity contribution in [2.45, 2.75) is 26.2 Å². The third-order valence-corrected chi connectivity index (χ3v) is 2.29. The summed E-state index contributed by atoms with van der Waals surface area (Å²) in [5.41, 5.74) is 1.72. The number of aliphatic hydroxyl groups excluding tert-OH is 1. The highest BCUT2D eigenvalue weighted by Crippen LogP contribution is 2.18. The molecule has 0 aromatic heterocycles. The number of aryl methyl sites for hydroxylation is 1. The van der Waals surface area contributed by atoms with Gasteiger partial charge in [0.1, 0.15) is 5.82 Å². The van der Waals surface area contributed by atoms with Gasteiger partial charge < -0.3 is 5.11 Å². The monoisotopic (exact) mass is 182 g/mol. The molecule has 0 aliphatic rings. The summed E-state index contributed by atoms with van der Waals surface area (Å²) in [5, 5.41) is 8.93. The highest BCUT2D eigenvalue weighted by molar-refractivity contribution is 5.27. The van der Waals surface area contributed by atoms with Gasteiger partial charge in [0.2, 0.25) is 0 Å². The molecule has 1 N–H and O–H groups in total. The van der Waals surface area contributed by atoms with Gasteiger partial charge >= 0.3 is 0 Å². The maximum absolute atomic E-state index is 13.1. The van der Waals surface area contributed by atoms with E-state index in [0.29, 0.717) is 6.42 Å². The molecule has 1 aromatic carbocycles. The molecule has 0 radical (unpaired) electrons. The number of aliphatic hydroxyl groups is 1. The summed E-state index contributed by atoms with van der Waals surface area (Å²) in [5.74, 6) is -0.0673. The lowest BCUT2D eigenvalue weighted by Crippen LogP contribution is -2.00. The SMILES string of the molecule is CCc1cc(C(C)CO)ccc1F. The summed E-state index contributed by atoms with van der Waals surface area (Å²) in [6, 6.07) is 5.03. The molecule has 13 heavy (non-hydrogen) atoms. The molecule has 0 heterocycles. The van der Waals surface area contributed by atoms with Crippen LogP contribution in [0.1, 0.15) is 30.9 Å². The fraction of sp³-hybridized carbons (Fsp3) is 0.455. The third kappa shape index (κ3) is 2.28. The molecule has 1 aromatic rings. The van der Waals surface area contributed by atoms with Gasteiger partial charge in [-0.25, -0.2) is 4.39 Å². The van der Waals surface area contributed by atoms with E-state index in [1.165, 1.54) is 6.07 Å². The molecule has 1 atom stereocenters. The summed E-state index contributed by atoms with van der Waals surface area (Å²) in [6.45, 7) is 3.95. The Morgan fingerprint density at radius 2 is 2.15 bits per heavy atom. The van der Waals surface area contributed by atoms with E-state index < -0.39 is 0 Å². The summed E-state index contributed by atoms with van der Waals surface area (Å²) in [6.07, 6.45) is 0.692. The molecule has 1 rings (SSSR count). The number of rotatable bonds is 3. The summed E-state index contributed by atoms with van der Waals surface area (Å²) < 4.78 is 13.1. The first kappa shape index (κ1) is 10.2. The Labute approximate surface area is 78.2 Å². The number of benzene rings is 1. The average Bonchev–Trinajstić information content (AvgIpc) is 2.17. The van der Waals surface area contributed by atoms with Gasteiger partial charge in [-0.15, -0.1) is 0 Å². The maximum atomic E-state index is 13.1. The minimum Gasteiger partial charge on any atom is -0.396 e. The van der Waals surface area contributed by atoms with Gasteiger partial charge in [0.05, 0.1) is 0 Å². The van der Waals surface area contributed by atoms with Crippen LogP contribution in [0.2, 0.25) is 0 Å². The van der Waals surface area contributed by atoms with E-state index in [1.54, 1.807) is 6.07 Å². The van der Waals surface area contributed by atoms with Gasteiger partial charge in [-0.3, -0.25) is 0 Å². The Hall–Kier alpha value is -0.890. The molecule has 1 unspecified atom stereocenters. The average molecular weight is 182 g/mol. The van der Waals surface area contributed by atoms with E-state index in [0.717, 1.165) is 11.1 Å². The van der Waals surface area contributed by atoms with Gasteiger partial charge in [0, 0.05) is 12.5 Å². The van der Waals surface area contributed by atoms with Crippen molar-refractivity contribution < 1.29 is 9.50 Å². The van der Waals surface area contributed by atoms with E-state index in [4.69, 9.17) is 5.11 Å². The van der Waals surface area contributed by atoms with Gasteiger partial charge in [0.15, 0.2) is 0 Å². The van der Waals surface area contributed by atoms with Crippen LogP contribution in [0.25, 0.3) is 0 Å². The first-order chi connectivity index (χ1) is 6.19. The van der Waals surface area contributed by atoms with Gasteiger partial charge in [-0.05, 0) is 23.6 Å². The largest absolute Gasteiger partial charge is 0.396 e.